The van der Waals surface area contributed by atoms with Gasteiger partial charge in [-0.3, -0.25) is 19.7 Å². The maximum absolute atomic E-state index is 12.2. The summed E-state index contributed by atoms with van der Waals surface area (Å²) in [5.41, 5.74) is -0.561. The van der Waals surface area contributed by atoms with Gasteiger partial charge in [0.05, 0.1) is 15.7 Å². The molecule has 1 saturated heterocycles. The minimum atomic E-state index is -3.84. The van der Waals surface area contributed by atoms with Gasteiger partial charge in [-0.15, -0.1) is 0 Å². The smallest absolute Gasteiger partial charge is 0.269 e. The highest BCUT2D eigenvalue weighted by atomic mass is 32.2. The second kappa shape index (κ2) is 8.23. The number of rotatable bonds is 7. The number of sulfonamides is 1. The molecule has 0 aromatic heterocycles. The highest BCUT2D eigenvalue weighted by Gasteiger charge is 2.39. The van der Waals surface area contributed by atoms with Crippen molar-refractivity contribution in [2.75, 3.05) is 19.6 Å². The second-order valence-electron chi connectivity index (χ2n) is 7.52. The molecule has 28 heavy (non-hydrogen) atoms. The van der Waals surface area contributed by atoms with Gasteiger partial charge in [-0.2, -0.15) is 0 Å². The van der Waals surface area contributed by atoms with Crippen molar-refractivity contribution < 1.29 is 22.9 Å². The van der Waals surface area contributed by atoms with Crippen molar-refractivity contribution in [3.63, 3.8) is 0 Å². The first-order valence-corrected chi connectivity index (χ1v) is 10.2. The van der Waals surface area contributed by atoms with Gasteiger partial charge in [0.25, 0.3) is 5.69 Å². The first-order chi connectivity index (χ1) is 12.9. The van der Waals surface area contributed by atoms with E-state index >= 15 is 0 Å². The summed E-state index contributed by atoms with van der Waals surface area (Å²) in [6, 6.07) is 4.50. The molecule has 10 nitrogen and oxygen atoms in total. The molecular weight excluding hydrogens is 388 g/mol. The van der Waals surface area contributed by atoms with Crippen LogP contribution in [0.5, 0.6) is 0 Å². The molecule has 1 aromatic carbocycles. The molecule has 1 fully saturated rings. The van der Waals surface area contributed by atoms with E-state index in [-0.39, 0.29) is 47.4 Å². The Hall–Kier alpha value is -2.53. The van der Waals surface area contributed by atoms with Crippen LogP contribution in [0.2, 0.25) is 0 Å². The Morgan fingerprint density at radius 3 is 2.36 bits per heavy atom. The molecule has 2 amide bonds. The van der Waals surface area contributed by atoms with E-state index < -0.39 is 20.9 Å². The number of carbonyl (C=O) groups is 2. The van der Waals surface area contributed by atoms with E-state index in [1.165, 1.54) is 0 Å². The van der Waals surface area contributed by atoms with Crippen LogP contribution in [0.3, 0.4) is 0 Å². The number of nitrogens with one attached hydrogen (secondary N) is 2. The molecule has 0 spiro atoms. The fourth-order valence-corrected chi connectivity index (χ4v) is 3.91. The van der Waals surface area contributed by atoms with Gasteiger partial charge in [-0.1, -0.05) is 0 Å². The first kappa shape index (κ1) is 21.8. The number of carbonyl (C=O) groups excluding carboxylic acids is 2. The lowest BCUT2D eigenvalue weighted by atomic mass is 10.1. The lowest BCUT2D eigenvalue weighted by molar-refractivity contribution is -0.384. The van der Waals surface area contributed by atoms with E-state index in [4.69, 9.17) is 0 Å². The zero-order valence-corrected chi connectivity index (χ0v) is 16.8. The number of benzene rings is 1. The van der Waals surface area contributed by atoms with Crippen LogP contribution in [-0.4, -0.2) is 55.2 Å². The second-order valence-corrected chi connectivity index (χ2v) is 9.28. The molecule has 2 N–H and O–H groups in total. The number of hydrogen-bond donors (Lipinski definition) is 2. The van der Waals surface area contributed by atoms with Crippen molar-refractivity contribution >= 4 is 27.5 Å². The number of non-ortho nitro benzene ring substituents is 1. The van der Waals surface area contributed by atoms with Crippen LogP contribution in [0.1, 0.15) is 27.2 Å². The highest BCUT2D eigenvalue weighted by molar-refractivity contribution is 7.89. The Bertz CT molecular complexity index is 861. The van der Waals surface area contributed by atoms with Gasteiger partial charge in [-0.25, -0.2) is 13.1 Å². The van der Waals surface area contributed by atoms with Crippen molar-refractivity contribution in [2.45, 2.75) is 37.6 Å². The summed E-state index contributed by atoms with van der Waals surface area (Å²) in [6.45, 7) is 6.05. The zero-order valence-electron chi connectivity index (χ0n) is 16.0. The molecule has 0 saturated carbocycles. The third kappa shape index (κ3) is 5.26. The maximum atomic E-state index is 12.2. The van der Waals surface area contributed by atoms with E-state index in [0.717, 1.165) is 24.3 Å². The fraction of sp³-hybridized carbons (Fsp3) is 0.529. The van der Waals surface area contributed by atoms with Crippen molar-refractivity contribution in [3.05, 3.63) is 34.4 Å². The largest absolute Gasteiger partial charge is 0.354 e. The highest BCUT2D eigenvalue weighted by Crippen LogP contribution is 2.25. The van der Waals surface area contributed by atoms with E-state index in [1.807, 2.05) is 20.8 Å². The topological polar surface area (TPSA) is 139 Å². The van der Waals surface area contributed by atoms with Crippen molar-refractivity contribution in [1.29, 1.82) is 0 Å². The minimum absolute atomic E-state index is 0.0469. The molecule has 11 heteroatoms. The van der Waals surface area contributed by atoms with Gasteiger partial charge < -0.3 is 10.2 Å². The van der Waals surface area contributed by atoms with Crippen LogP contribution in [0.15, 0.2) is 29.2 Å². The molecule has 1 heterocycles. The van der Waals surface area contributed by atoms with Crippen LogP contribution >= 0.6 is 0 Å². The number of nitro benzene ring substituents is 1. The maximum Gasteiger partial charge on any atom is 0.269 e. The van der Waals surface area contributed by atoms with E-state index in [9.17, 15) is 28.1 Å². The van der Waals surface area contributed by atoms with Gasteiger partial charge >= 0.3 is 0 Å². The Morgan fingerprint density at radius 2 is 1.86 bits per heavy atom. The molecule has 154 valence electrons. The van der Waals surface area contributed by atoms with Crippen LogP contribution in [0.25, 0.3) is 0 Å². The van der Waals surface area contributed by atoms with Crippen molar-refractivity contribution in [2.24, 2.45) is 5.92 Å². The predicted molar refractivity (Wildman–Crippen MR) is 101 cm³/mol. The Morgan fingerprint density at radius 1 is 1.25 bits per heavy atom. The van der Waals surface area contributed by atoms with E-state index in [2.05, 4.69) is 10.0 Å². The monoisotopic (exact) mass is 412 g/mol. The summed E-state index contributed by atoms with van der Waals surface area (Å²) in [6.07, 6.45) is 0.137. The number of amides is 2. The average molecular weight is 412 g/mol. The Balaban J connectivity index is 1.82. The van der Waals surface area contributed by atoms with Gasteiger partial charge in [0.2, 0.25) is 21.8 Å². The number of hydrogen-bond acceptors (Lipinski definition) is 6. The SMILES string of the molecule is CC(C)(C)N1CC(C(=O)NCCNS(=O)(=O)c2ccc([N+](=O)[O-])cc2)CC1=O. The molecule has 0 bridgehead atoms. The summed E-state index contributed by atoms with van der Waals surface area (Å²) in [4.78, 5) is 35.8. The minimum Gasteiger partial charge on any atom is -0.354 e. The summed E-state index contributed by atoms with van der Waals surface area (Å²) in [5.74, 6) is -0.834. The third-order valence-corrected chi connectivity index (χ3v) is 5.86. The van der Waals surface area contributed by atoms with Crippen molar-refractivity contribution in [3.8, 4) is 0 Å². The molecule has 0 aliphatic carbocycles. The summed E-state index contributed by atoms with van der Waals surface area (Å²) < 4.78 is 26.7. The van der Waals surface area contributed by atoms with Crippen LogP contribution < -0.4 is 10.0 Å². The van der Waals surface area contributed by atoms with Crippen molar-refractivity contribution in [1.82, 2.24) is 14.9 Å². The van der Waals surface area contributed by atoms with Gasteiger partial charge in [0.15, 0.2) is 0 Å². The van der Waals surface area contributed by atoms with Gasteiger partial charge in [0.1, 0.15) is 0 Å². The standard InChI is InChI=1S/C17H24N4O6S/c1-17(2,3)20-11-12(10-15(20)22)16(23)18-8-9-19-28(26,27)14-6-4-13(5-7-14)21(24)25/h4-7,12,19H,8-11H2,1-3H3,(H,18,23). The molecular formula is C17H24N4O6S. The van der Waals surface area contributed by atoms with Gasteiger partial charge in [-0.05, 0) is 32.9 Å². The van der Waals surface area contributed by atoms with Crippen LogP contribution in [-0.2, 0) is 19.6 Å². The predicted octanol–water partition coefficient (Wildman–Crippen LogP) is 0.636. The number of likely N-dealkylation sites (tertiary alicyclic amines) is 1. The first-order valence-electron chi connectivity index (χ1n) is 8.74. The lowest BCUT2D eigenvalue weighted by Gasteiger charge is -2.31. The summed E-state index contributed by atoms with van der Waals surface area (Å²) in [7, 11) is -3.84. The average Bonchev–Trinajstić information content (AvgIpc) is 3.01. The zero-order chi connectivity index (χ0) is 21.1. The summed E-state index contributed by atoms with van der Waals surface area (Å²) in [5, 5.41) is 13.2. The molecule has 1 aliphatic heterocycles. The van der Waals surface area contributed by atoms with E-state index in [1.54, 1.807) is 4.90 Å². The van der Waals surface area contributed by atoms with Gasteiger partial charge in [0, 0.05) is 43.7 Å². The normalized spacial score (nSPS) is 17.6. The molecule has 1 atom stereocenters. The van der Waals surface area contributed by atoms with E-state index in [0.29, 0.717) is 6.54 Å². The summed E-state index contributed by atoms with van der Waals surface area (Å²) >= 11 is 0. The molecule has 1 aromatic rings. The fourth-order valence-electron chi connectivity index (χ4n) is 2.88. The third-order valence-electron chi connectivity index (χ3n) is 4.38. The lowest BCUT2D eigenvalue weighted by Crippen LogP contribution is -2.43. The quantitative estimate of drug-likeness (QED) is 0.383. The Kier molecular flexibility index (Phi) is 6.40. The number of nitrogens with zero attached hydrogens (tertiary/aromatic N) is 2. The Labute approximate surface area is 163 Å². The molecule has 1 unspecified atom stereocenters. The number of nitro groups is 1. The van der Waals surface area contributed by atoms with Crippen LogP contribution in [0.4, 0.5) is 5.69 Å². The van der Waals surface area contributed by atoms with Crippen LogP contribution in [0, 0.1) is 16.0 Å². The molecule has 2 rings (SSSR count). The molecule has 1 aliphatic rings. The molecule has 0 radical (unpaired) electrons.